The lowest BCUT2D eigenvalue weighted by molar-refractivity contribution is 0.0631. The maximum atomic E-state index is 13.4. The topological polar surface area (TPSA) is 105 Å². The number of furan rings is 1. The van der Waals surface area contributed by atoms with Crippen LogP contribution in [-0.4, -0.2) is 43.8 Å². The molecular weight excluding hydrogens is 444 g/mol. The van der Waals surface area contributed by atoms with Gasteiger partial charge in [-0.25, -0.2) is 8.42 Å². The molecule has 2 aliphatic rings. The zero-order chi connectivity index (χ0) is 23.3. The second kappa shape index (κ2) is 7.70. The Hall–Kier alpha value is -3.72. The Morgan fingerprint density at radius 3 is 2.55 bits per heavy atom. The Kier molecular flexibility index (Phi) is 4.93. The van der Waals surface area contributed by atoms with Gasteiger partial charge in [0.05, 0.1) is 28.8 Å². The fraction of sp³-hybridized carbons (Fsp3) is 0.208. The minimum absolute atomic E-state index is 0.0186. The number of carbonyl (C=O) groups is 3. The normalized spacial score (nSPS) is 15.5. The van der Waals surface area contributed by atoms with Gasteiger partial charge in [-0.05, 0) is 66.9 Å². The van der Waals surface area contributed by atoms with Gasteiger partial charge in [0.2, 0.25) is 0 Å². The first-order valence-electron chi connectivity index (χ1n) is 10.4. The van der Waals surface area contributed by atoms with Gasteiger partial charge >= 0.3 is 0 Å². The molecule has 0 atom stereocenters. The maximum Gasteiger partial charge on any atom is 0.261 e. The number of imide groups is 1. The molecule has 1 aromatic heterocycles. The number of fused-ring (bicyclic) bond motifs is 2. The third-order valence-corrected chi connectivity index (χ3v) is 7.06. The van der Waals surface area contributed by atoms with Gasteiger partial charge in [0.15, 0.2) is 9.84 Å². The van der Waals surface area contributed by atoms with Crippen molar-refractivity contribution in [3.05, 3.63) is 82.8 Å². The van der Waals surface area contributed by atoms with Gasteiger partial charge in [-0.3, -0.25) is 19.3 Å². The van der Waals surface area contributed by atoms with Crippen LogP contribution in [0.1, 0.15) is 48.8 Å². The molecule has 8 nitrogen and oxygen atoms in total. The van der Waals surface area contributed by atoms with E-state index in [1.807, 2.05) is 0 Å². The van der Waals surface area contributed by atoms with E-state index in [4.69, 9.17) is 4.42 Å². The van der Waals surface area contributed by atoms with Gasteiger partial charge in [-0.15, -0.1) is 0 Å². The molecule has 3 amide bonds. The van der Waals surface area contributed by atoms with E-state index in [0.717, 1.165) is 16.7 Å². The van der Waals surface area contributed by atoms with Crippen LogP contribution in [0, 0.1) is 0 Å². The molecule has 9 heteroatoms. The molecule has 0 fully saturated rings. The monoisotopic (exact) mass is 464 g/mol. The fourth-order valence-corrected chi connectivity index (χ4v) is 4.97. The summed E-state index contributed by atoms with van der Waals surface area (Å²) in [6.07, 6.45) is 3.98. The number of anilines is 1. The Balaban J connectivity index is 1.45. The molecule has 0 spiro atoms. The van der Waals surface area contributed by atoms with Crippen LogP contribution < -0.4 is 4.90 Å². The number of hydrogen-bond acceptors (Lipinski definition) is 6. The van der Waals surface area contributed by atoms with E-state index in [1.54, 1.807) is 35.2 Å². The zero-order valence-electron chi connectivity index (χ0n) is 17.8. The second-order valence-corrected chi connectivity index (χ2v) is 10.2. The predicted molar refractivity (Wildman–Crippen MR) is 119 cm³/mol. The number of nitrogens with zero attached hydrogens (tertiary/aromatic N) is 2. The van der Waals surface area contributed by atoms with E-state index in [9.17, 15) is 22.8 Å². The Morgan fingerprint density at radius 2 is 1.82 bits per heavy atom. The van der Waals surface area contributed by atoms with Crippen molar-refractivity contribution in [2.24, 2.45) is 0 Å². The van der Waals surface area contributed by atoms with E-state index in [-0.39, 0.29) is 34.0 Å². The third-order valence-electron chi connectivity index (χ3n) is 5.95. The first kappa shape index (κ1) is 21.1. The summed E-state index contributed by atoms with van der Waals surface area (Å²) in [6.45, 7) is 0.490. The standard InChI is InChI=1S/C24H20N2O6S/c1-33(30,31)18-7-9-21-15(12-18)4-2-10-25(21)22(27)16-6-8-19-20(13-16)24(29)26(23(19)28)14-17-5-3-11-32-17/h3,5-9,11-13H,2,4,10,14H2,1H3. The molecule has 5 rings (SSSR count). The van der Waals surface area contributed by atoms with Crippen molar-refractivity contribution in [1.29, 1.82) is 0 Å². The number of hydrogen-bond donors (Lipinski definition) is 0. The fourth-order valence-electron chi connectivity index (χ4n) is 4.30. The maximum absolute atomic E-state index is 13.4. The quantitative estimate of drug-likeness (QED) is 0.550. The van der Waals surface area contributed by atoms with Gasteiger partial charge < -0.3 is 9.32 Å². The van der Waals surface area contributed by atoms with Gasteiger partial charge in [0.25, 0.3) is 17.7 Å². The molecule has 168 valence electrons. The molecule has 0 N–H and O–H groups in total. The molecular formula is C24H20N2O6S. The average molecular weight is 464 g/mol. The third kappa shape index (κ3) is 3.64. The summed E-state index contributed by atoms with van der Waals surface area (Å²) < 4.78 is 29.0. The number of amides is 3. The molecule has 2 aliphatic heterocycles. The average Bonchev–Trinajstić information content (AvgIpc) is 3.40. The van der Waals surface area contributed by atoms with Crippen LogP contribution >= 0.6 is 0 Å². The van der Waals surface area contributed by atoms with Crippen LogP contribution in [0.4, 0.5) is 5.69 Å². The van der Waals surface area contributed by atoms with E-state index >= 15 is 0 Å². The first-order valence-corrected chi connectivity index (χ1v) is 12.3. The molecule has 3 aromatic rings. The number of carbonyl (C=O) groups excluding carboxylic acids is 3. The summed E-state index contributed by atoms with van der Waals surface area (Å²) in [5.74, 6) is -0.727. The van der Waals surface area contributed by atoms with Crippen molar-refractivity contribution in [1.82, 2.24) is 4.90 Å². The number of sulfone groups is 1. The van der Waals surface area contributed by atoms with E-state index < -0.39 is 21.7 Å². The highest BCUT2D eigenvalue weighted by Crippen LogP contribution is 2.32. The highest BCUT2D eigenvalue weighted by molar-refractivity contribution is 7.90. The van der Waals surface area contributed by atoms with Crippen LogP contribution in [0.3, 0.4) is 0 Å². The lowest BCUT2D eigenvalue weighted by Gasteiger charge is -2.30. The van der Waals surface area contributed by atoms with Crippen LogP contribution in [0.15, 0.2) is 64.1 Å². The van der Waals surface area contributed by atoms with Crippen LogP contribution in [0.5, 0.6) is 0 Å². The van der Waals surface area contributed by atoms with Gasteiger partial charge in [-0.2, -0.15) is 0 Å². The highest BCUT2D eigenvalue weighted by Gasteiger charge is 2.37. The molecule has 0 bridgehead atoms. The second-order valence-electron chi connectivity index (χ2n) is 8.16. The lowest BCUT2D eigenvalue weighted by Crippen LogP contribution is -2.35. The summed E-state index contributed by atoms with van der Waals surface area (Å²) in [4.78, 5) is 41.9. The van der Waals surface area contributed by atoms with Crippen molar-refractivity contribution in [2.45, 2.75) is 24.3 Å². The molecule has 3 heterocycles. The van der Waals surface area contributed by atoms with E-state index in [1.165, 1.54) is 24.5 Å². The van der Waals surface area contributed by atoms with Crippen LogP contribution in [0.2, 0.25) is 0 Å². The molecule has 0 radical (unpaired) electrons. The van der Waals surface area contributed by atoms with Crippen molar-refractivity contribution in [3.8, 4) is 0 Å². The largest absolute Gasteiger partial charge is 0.467 e. The Bertz CT molecular complexity index is 1410. The molecule has 0 aliphatic carbocycles. The predicted octanol–water partition coefficient (Wildman–Crippen LogP) is 3.07. The van der Waals surface area contributed by atoms with Crippen molar-refractivity contribution in [3.63, 3.8) is 0 Å². The Morgan fingerprint density at radius 1 is 1.03 bits per heavy atom. The molecule has 0 unspecified atom stereocenters. The highest BCUT2D eigenvalue weighted by atomic mass is 32.2. The van der Waals surface area contributed by atoms with Gasteiger partial charge in [0, 0.05) is 24.1 Å². The summed E-state index contributed by atoms with van der Waals surface area (Å²) >= 11 is 0. The van der Waals surface area contributed by atoms with Crippen molar-refractivity contribution in [2.75, 3.05) is 17.7 Å². The summed E-state index contributed by atoms with van der Waals surface area (Å²) in [6, 6.07) is 12.6. The summed E-state index contributed by atoms with van der Waals surface area (Å²) in [5, 5.41) is 0. The van der Waals surface area contributed by atoms with Crippen LogP contribution in [0.25, 0.3) is 0 Å². The number of aryl methyl sites for hydroxylation is 1. The Labute approximate surface area is 190 Å². The van der Waals surface area contributed by atoms with Crippen molar-refractivity contribution >= 4 is 33.2 Å². The van der Waals surface area contributed by atoms with Gasteiger partial charge in [0.1, 0.15) is 5.76 Å². The number of rotatable bonds is 4. The number of benzene rings is 2. The zero-order valence-corrected chi connectivity index (χ0v) is 18.6. The smallest absolute Gasteiger partial charge is 0.261 e. The SMILES string of the molecule is CS(=O)(=O)c1ccc2c(c1)CCCN2C(=O)c1ccc2c(c1)C(=O)N(Cc1ccco1)C2=O. The first-order chi connectivity index (χ1) is 15.7. The minimum Gasteiger partial charge on any atom is -0.467 e. The molecule has 0 saturated heterocycles. The summed E-state index contributed by atoms with van der Waals surface area (Å²) in [5.41, 5.74) is 2.16. The van der Waals surface area contributed by atoms with E-state index in [0.29, 0.717) is 30.8 Å². The van der Waals surface area contributed by atoms with E-state index in [2.05, 4.69) is 0 Å². The minimum atomic E-state index is -3.35. The van der Waals surface area contributed by atoms with Gasteiger partial charge in [-0.1, -0.05) is 0 Å². The lowest BCUT2D eigenvalue weighted by atomic mass is 9.99. The molecule has 0 saturated carbocycles. The molecule has 33 heavy (non-hydrogen) atoms. The van der Waals surface area contributed by atoms with Crippen molar-refractivity contribution < 1.29 is 27.2 Å². The summed E-state index contributed by atoms with van der Waals surface area (Å²) in [7, 11) is -3.35. The van der Waals surface area contributed by atoms with Crippen LogP contribution in [-0.2, 0) is 22.8 Å². The molecule has 2 aromatic carbocycles.